The van der Waals surface area contributed by atoms with Crippen LogP contribution in [0.2, 0.25) is 5.02 Å². The second kappa shape index (κ2) is 6.67. The number of aromatic nitrogens is 1. The Hall–Kier alpha value is -2.59. The lowest BCUT2D eigenvalue weighted by Gasteiger charge is -2.12. The minimum Gasteiger partial charge on any atom is -0.492 e. The molecule has 4 nitrogen and oxygen atoms in total. The number of benzene rings is 2. The zero-order valence-corrected chi connectivity index (χ0v) is 13.3. The average Bonchev–Trinajstić information content (AvgIpc) is 2.57. The Morgan fingerprint density at radius 1 is 1.17 bits per heavy atom. The van der Waals surface area contributed by atoms with Crippen molar-refractivity contribution in [2.24, 2.45) is 0 Å². The minimum atomic E-state index is -0.307. The van der Waals surface area contributed by atoms with Gasteiger partial charge in [-0.25, -0.2) is 4.98 Å². The van der Waals surface area contributed by atoms with E-state index in [2.05, 4.69) is 10.3 Å². The van der Waals surface area contributed by atoms with E-state index >= 15 is 0 Å². The van der Waals surface area contributed by atoms with Crippen molar-refractivity contribution >= 4 is 34.1 Å². The van der Waals surface area contributed by atoms with Gasteiger partial charge in [0.25, 0.3) is 5.91 Å². The van der Waals surface area contributed by atoms with E-state index in [0.29, 0.717) is 28.8 Å². The van der Waals surface area contributed by atoms with Crippen LogP contribution in [0.5, 0.6) is 5.75 Å². The van der Waals surface area contributed by atoms with Crippen LogP contribution in [0.25, 0.3) is 10.9 Å². The summed E-state index contributed by atoms with van der Waals surface area (Å²) in [6, 6.07) is 16.3. The summed E-state index contributed by atoms with van der Waals surface area (Å²) in [7, 11) is 0. The highest BCUT2D eigenvalue weighted by atomic mass is 35.5. The fourth-order valence-corrected chi connectivity index (χ4v) is 2.43. The molecule has 0 saturated heterocycles. The van der Waals surface area contributed by atoms with Crippen LogP contribution in [0.3, 0.4) is 0 Å². The van der Waals surface area contributed by atoms with Crippen molar-refractivity contribution < 1.29 is 9.53 Å². The first-order valence-electron chi connectivity index (χ1n) is 7.27. The molecule has 0 radical (unpaired) electrons. The Morgan fingerprint density at radius 3 is 2.83 bits per heavy atom. The molecule has 23 heavy (non-hydrogen) atoms. The number of ether oxygens (including phenoxy) is 1. The van der Waals surface area contributed by atoms with E-state index in [1.54, 1.807) is 24.3 Å². The number of fused-ring (bicyclic) bond motifs is 1. The highest BCUT2D eigenvalue weighted by Gasteiger charge is 2.12. The molecule has 0 spiro atoms. The Kier molecular flexibility index (Phi) is 4.44. The summed E-state index contributed by atoms with van der Waals surface area (Å²) in [6.45, 7) is 2.38. The van der Waals surface area contributed by atoms with Crippen molar-refractivity contribution in [1.82, 2.24) is 4.98 Å². The number of nitrogens with one attached hydrogen (secondary N) is 1. The Balaban J connectivity index is 1.89. The van der Waals surface area contributed by atoms with Crippen molar-refractivity contribution in [1.29, 1.82) is 0 Å². The number of amides is 1. The topological polar surface area (TPSA) is 51.2 Å². The molecular formula is C18H15ClN2O2. The smallest absolute Gasteiger partial charge is 0.274 e. The van der Waals surface area contributed by atoms with Crippen molar-refractivity contribution in [3.8, 4) is 5.75 Å². The molecule has 1 amide bonds. The third kappa shape index (κ3) is 3.43. The van der Waals surface area contributed by atoms with Crippen LogP contribution in [0.1, 0.15) is 17.4 Å². The summed E-state index contributed by atoms with van der Waals surface area (Å²) >= 11 is 6.00. The van der Waals surface area contributed by atoms with Crippen LogP contribution in [-0.2, 0) is 0 Å². The number of para-hydroxylation sites is 1. The largest absolute Gasteiger partial charge is 0.492 e. The molecule has 0 unspecified atom stereocenters. The Morgan fingerprint density at radius 2 is 2.00 bits per heavy atom. The molecule has 0 saturated carbocycles. The fraction of sp³-hybridized carbons (Fsp3) is 0.111. The van der Waals surface area contributed by atoms with Gasteiger partial charge in [0, 0.05) is 10.4 Å². The zero-order chi connectivity index (χ0) is 16.2. The Labute approximate surface area is 139 Å². The van der Waals surface area contributed by atoms with Crippen LogP contribution in [0, 0.1) is 0 Å². The summed E-state index contributed by atoms with van der Waals surface area (Å²) in [5.74, 6) is 0.269. The SMILES string of the molecule is CCOc1ccc(Cl)cc1NC(=O)c1ccc2ccccc2n1. The third-order valence-electron chi connectivity index (χ3n) is 3.32. The maximum absolute atomic E-state index is 12.5. The van der Waals surface area contributed by atoms with Crippen molar-refractivity contribution in [3.63, 3.8) is 0 Å². The summed E-state index contributed by atoms with van der Waals surface area (Å²) in [6.07, 6.45) is 0. The molecule has 1 heterocycles. The van der Waals surface area contributed by atoms with E-state index in [0.717, 1.165) is 10.9 Å². The predicted octanol–water partition coefficient (Wildman–Crippen LogP) is 4.54. The van der Waals surface area contributed by atoms with Gasteiger partial charge in [0.1, 0.15) is 11.4 Å². The zero-order valence-electron chi connectivity index (χ0n) is 12.5. The highest BCUT2D eigenvalue weighted by molar-refractivity contribution is 6.31. The van der Waals surface area contributed by atoms with E-state index < -0.39 is 0 Å². The van der Waals surface area contributed by atoms with E-state index in [1.807, 2.05) is 37.3 Å². The normalized spacial score (nSPS) is 10.5. The second-order valence-electron chi connectivity index (χ2n) is 4.92. The van der Waals surface area contributed by atoms with Crippen molar-refractivity contribution in [3.05, 3.63) is 65.3 Å². The Bertz CT molecular complexity index is 865. The molecule has 0 fully saturated rings. The first-order valence-corrected chi connectivity index (χ1v) is 7.64. The van der Waals surface area contributed by atoms with Crippen LogP contribution in [-0.4, -0.2) is 17.5 Å². The number of rotatable bonds is 4. The van der Waals surface area contributed by atoms with Gasteiger partial charge < -0.3 is 10.1 Å². The van der Waals surface area contributed by atoms with Gasteiger partial charge in [0.2, 0.25) is 0 Å². The van der Waals surface area contributed by atoms with Gasteiger partial charge in [0.05, 0.1) is 17.8 Å². The fourth-order valence-electron chi connectivity index (χ4n) is 2.26. The number of carbonyl (C=O) groups is 1. The number of hydrogen-bond donors (Lipinski definition) is 1. The quantitative estimate of drug-likeness (QED) is 0.765. The van der Waals surface area contributed by atoms with Gasteiger partial charge in [-0.15, -0.1) is 0 Å². The van der Waals surface area contributed by atoms with Crippen LogP contribution in [0.15, 0.2) is 54.6 Å². The molecule has 0 aliphatic heterocycles. The lowest BCUT2D eigenvalue weighted by Crippen LogP contribution is -2.14. The molecule has 0 aliphatic carbocycles. The summed E-state index contributed by atoms with van der Waals surface area (Å²) in [5.41, 5.74) is 1.64. The highest BCUT2D eigenvalue weighted by Crippen LogP contribution is 2.28. The van der Waals surface area contributed by atoms with Gasteiger partial charge in [-0.1, -0.05) is 35.9 Å². The van der Waals surface area contributed by atoms with Crippen LogP contribution < -0.4 is 10.1 Å². The standard InChI is InChI=1S/C18H15ClN2O2/c1-2-23-17-10-8-13(19)11-16(17)21-18(22)15-9-7-12-5-3-4-6-14(12)20-15/h3-11H,2H2,1H3,(H,21,22). The lowest BCUT2D eigenvalue weighted by molar-refractivity contribution is 0.102. The molecule has 3 rings (SSSR count). The van der Waals surface area contributed by atoms with Crippen LogP contribution in [0.4, 0.5) is 5.69 Å². The number of carbonyl (C=O) groups excluding carboxylic acids is 1. The first kappa shape index (κ1) is 15.3. The molecule has 0 aliphatic rings. The molecule has 5 heteroatoms. The number of anilines is 1. The first-order chi connectivity index (χ1) is 11.2. The predicted molar refractivity (Wildman–Crippen MR) is 92.3 cm³/mol. The molecular weight excluding hydrogens is 312 g/mol. The third-order valence-corrected chi connectivity index (χ3v) is 3.56. The van der Waals surface area contributed by atoms with Gasteiger partial charge in [-0.3, -0.25) is 4.79 Å². The monoisotopic (exact) mass is 326 g/mol. The molecule has 2 aromatic carbocycles. The van der Waals surface area contributed by atoms with E-state index in [4.69, 9.17) is 16.3 Å². The van der Waals surface area contributed by atoms with Gasteiger partial charge in [-0.2, -0.15) is 0 Å². The number of nitrogens with zero attached hydrogens (tertiary/aromatic N) is 1. The van der Waals surface area contributed by atoms with E-state index in [1.165, 1.54) is 0 Å². The number of halogens is 1. The van der Waals surface area contributed by atoms with Gasteiger partial charge in [0.15, 0.2) is 0 Å². The maximum atomic E-state index is 12.5. The molecule has 1 N–H and O–H groups in total. The maximum Gasteiger partial charge on any atom is 0.274 e. The van der Waals surface area contributed by atoms with E-state index in [9.17, 15) is 4.79 Å². The average molecular weight is 327 g/mol. The summed E-state index contributed by atoms with van der Waals surface area (Å²) < 4.78 is 5.51. The lowest BCUT2D eigenvalue weighted by atomic mass is 10.2. The summed E-state index contributed by atoms with van der Waals surface area (Å²) in [4.78, 5) is 16.8. The minimum absolute atomic E-state index is 0.307. The van der Waals surface area contributed by atoms with Crippen molar-refractivity contribution in [2.45, 2.75) is 6.92 Å². The molecule has 0 atom stereocenters. The van der Waals surface area contributed by atoms with E-state index in [-0.39, 0.29) is 5.91 Å². The van der Waals surface area contributed by atoms with Crippen LogP contribution >= 0.6 is 11.6 Å². The molecule has 0 bridgehead atoms. The second-order valence-corrected chi connectivity index (χ2v) is 5.35. The van der Waals surface area contributed by atoms with Gasteiger partial charge in [-0.05, 0) is 37.3 Å². The van der Waals surface area contributed by atoms with Crippen molar-refractivity contribution in [2.75, 3.05) is 11.9 Å². The number of hydrogen-bond acceptors (Lipinski definition) is 3. The summed E-state index contributed by atoms with van der Waals surface area (Å²) in [5, 5.41) is 4.32. The molecule has 1 aromatic heterocycles. The number of pyridine rings is 1. The van der Waals surface area contributed by atoms with Gasteiger partial charge >= 0.3 is 0 Å². The molecule has 116 valence electrons. The molecule has 3 aromatic rings.